The third-order valence-electron chi connectivity index (χ3n) is 5.87. The molecular weight excluding hydrogens is 454 g/mol. The van der Waals surface area contributed by atoms with Crippen molar-refractivity contribution in [3.8, 4) is 11.3 Å². The van der Waals surface area contributed by atoms with Crippen LogP contribution in [0, 0.1) is 5.92 Å². The number of benzene rings is 3. The second-order valence-electron chi connectivity index (χ2n) is 8.49. The topological polar surface area (TPSA) is 98.8 Å². The summed E-state index contributed by atoms with van der Waals surface area (Å²) in [6, 6.07) is 19.1. The Kier molecular flexibility index (Phi) is 5.42. The van der Waals surface area contributed by atoms with Crippen molar-refractivity contribution in [3.63, 3.8) is 0 Å². The molecule has 0 aliphatic carbocycles. The summed E-state index contributed by atoms with van der Waals surface area (Å²) in [5.41, 5.74) is 2.83. The number of rotatable bonds is 6. The smallest absolute Gasteiger partial charge is 0.324 e. The summed E-state index contributed by atoms with van der Waals surface area (Å²) in [6.07, 6.45) is 0. The first-order valence-corrected chi connectivity index (χ1v) is 12.3. The van der Waals surface area contributed by atoms with Gasteiger partial charge >= 0.3 is 5.97 Å². The average Bonchev–Trinajstić information content (AvgIpc) is 3.42. The number of fused-ring (bicyclic) bond motifs is 4. The van der Waals surface area contributed by atoms with Gasteiger partial charge in [0.05, 0.1) is 12.0 Å². The highest BCUT2D eigenvalue weighted by Crippen LogP contribution is 2.35. The molecule has 0 radical (unpaired) electrons. The van der Waals surface area contributed by atoms with Crippen LogP contribution in [0.1, 0.15) is 13.8 Å². The number of sulfonamides is 1. The number of hydrogen-bond donors (Lipinski definition) is 1. The lowest BCUT2D eigenvalue weighted by molar-refractivity contribution is -0.143. The van der Waals surface area contributed by atoms with Gasteiger partial charge in [-0.2, -0.15) is 4.72 Å². The SMILES string of the molecule is COC(=O)[C@H](NS(=O)(=O)c1ccc2oc3cc(-c4cc5ccccc5o4)ccc3c2c1)C(C)C. The second kappa shape index (κ2) is 8.30. The molecule has 0 aliphatic rings. The molecule has 0 bridgehead atoms. The Morgan fingerprint density at radius 3 is 2.41 bits per heavy atom. The highest BCUT2D eigenvalue weighted by atomic mass is 32.2. The van der Waals surface area contributed by atoms with E-state index in [1.54, 1.807) is 26.0 Å². The number of ether oxygens (including phenoxy) is 1. The summed E-state index contributed by atoms with van der Waals surface area (Å²) in [5, 5.41) is 2.45. The molecule has 174 valence electrons. The van der Waals surface area contributed by atoms with Gasteiger partial charge in [0.15, 0.2) is 0 Å². The van der Waals surface area contributed by atoms with Crippen LogP contribution in [0.4, 0.5) is 0 Å². The Bertz CT molecular complexity index is 1610. The van der Waals surface area contributed by atoms with E-state index in [4.69, 9.17) is 13.6 Å². The van der Waals surface area contributed by atoms with Crippen molar-refractivity contribution in [1.82, 2.24) is 4.72 Å². The van der Waals surface area contributed by atoms with Gasteiger partial charge in [-0.05, 0) is 48.4 Å². The van der Waals surface area contributed by atoms with Crippen molar-refractivity contribution in [2.24, 2.45) is 5.92 Å². The number of methoxy groups -OCH3 is 1. The lowest BCUT2D eigenvalue weighted by atomic mass is 10.1. The number of furan rings is 2. The number of nitrogens with one attached hydrogen (secondary N) is 1. The number of para-hydroxylation sites is 1. The molecule has 2 aromatic heterocycles. The van der Waals surface area contributed by atoms with E-state index in [-0.39, 0.29) is 10.8 Å². The molecule has 34 heavy (non-hydrogen) atoms. The molecule has 1 atom stereocenters. The minimum atomic E-state index is -3.97. The zero-order valence-corrected chi connectivity index (χ0v) is 19.7. The lowest BCUT2D eigenvalue weighted by Gasteiger charge is -2.19. The van der Waals surface area contributed by atoms with Gasteiger partial charge in [0.2, 0.25) is 10.0 Å². The van der Waals surface area contributed by atoms with E-state index >= 15 is 0 Å². The van der Waals surface area contributed by atoms with Crippen LogP contribution in [0.2, 0.25) is 0 Å². The Labute approximate surface area is 196 Å². The molecule has 0 saturated carbocycles. The van der Waals surface area contributed by atoms with Crippen LogP contribution in [0.15, 0.2) is 80.5 Å². The number of carbonyl (C=O) groups excluding carboxylic acids is 1. The number of hydrogen-bond acceptors (Lipinski definition) is 6. The molecule has 0 saturated heterocycles. The first kappa shape index (κ1) is 22.2. The number of esters is 1. The predicted octanol–water partition coefficient (Wildman–Crippen LogP) is 5.48. The van der Waals surface area contributed by atoms with E-state index in [2.05, 4.69) is 4.72 Å². The molecule has 0 amide bonds. The van der Waals surface area contributed by atoms with Gasteiger partial charge in [-0.3, -0.25) is 4.79 Å². The van der Waals surface area contributed by atoms with Gasteiger partial charge in [-0.25, -0.2) is 8.42 Å². The normalized spacial score (nSPS) is 13.2. The fraction of sp³-hybridized carbons (Fsp3) is 0.192. The van der Waals surface area contributed by atoms with Gasteiger partial charge in [-0.15, -0.1) is 0 Å². The van der Waals surface area contributed by atoms with Crippen molar-refractivity contribution in [2.45, 2.75) is 24.8 Å². The molecule has 0 spiro atoms. The van der Waals surface area contributed by atoms with Crippen molar-refractivity contribution in [3.05, 3.63) is 66.7 Å². The maximum Gasteiger partial charge on any atom is 0.324 e. The monoisotopic (exact) mass is 477 g/mol. The fourth-order valence-electron chi connectivity index (χ4n) is 4.02. The first-order chi connectivity index (χ1) is 16.3. The summed E-state index contributed by atoms with van der Waals surface area (Å²) in [4.78, 5) is 12.1. The molecule has 8 heteroatoms. The zero-order valence-electron chi connectivity index (χ0n) is 18.9. The molecule has 1 N–H and O–H groups in total. The van der Waals surface area contributed by atoms with Gasteiger partial charge in [-0.1, -0.05) is 38.1 Å². The van der Waals surface area contributed by atoms with E-state index in [0.717, 1.165) is 27.7 Å². The largest absolute Gasteiger partial charge is 0.468 e. The Hall–Kier alpha value is -3.62. The van der Waals surface area contributed by atoms with Crippen LogP contribution in [0.3, 0.4) is 0 Å². The highest BCUT2D eigenvalue weighted by Gasteiger charge is 2.29. The van der Waals surface area contributed by atoms with Crippen molar-refractivity contribution >= 4 is 48.9 Å². The van der Waals surface area contributed by atoms with Crippen LogP contribution in [-0.2, 0) is 19.6 Å². The van der Waals surface area contributed by atoms with Crippen molar-refractivity contribution in [1.29, 1.82) is 0 Å². The predicted molar refractivity (Wildman–Crippen MR) is 130 cm³/mol. The summed E-state index contributed by atoms with van der Waals surface area (Å²) in [6.45, 7) is 3.49. The third-order valence-corrected chi connectivity index (χ3v) is 7.31. The van der Waals surface area contributed by atoms with Crippen molar-refractivity contribution in [2.75, 3.05) is 7.11 Å². The molecule has 0 aliphatic heterocycles. The molecule has 0 unspecified atom stereocenters. The Morgan fingerprint density at radius 2 is 1.68 bits per heavy atom. The maximum absolute atomic E-state index is 13.0. The molecule has 7 nitrogen and oxygen atoms in total. The fourth-order valence-corrected chi connectivity index (χ4v) is 5.38. The molecule has 5 aromatic rings. The van der Waals surface area contributed by atoms with Gasteiger partial charge in [0.1, 0.15) is 28.6 Å². The molecular formula is C26H23NO6S. The van der Waals surface area contributed by atoms with Gasteiger partial charge in [0.25, 0.3) is 0 Å². The van der Waals surface area contributed by atoms with Gasteiger partial charge in [0, 0.05) is 21.7 Å². The molecule has 0 fully saturated rings. The summed E-state index contributed by atoms with van der Waals surface area (Å²) in [5.74, 6) is -0.192. The van der Waals surface area contributed by atoms with E-state index in [1.807, 2.05) is 48.5 Å². The van der Waals surface area contributed by atoms with E-state index in [1.165, 1.54) is 13.2 Å². The second-order valence-corrected chi connectivity index (χ2v) is 10.2. The highest BCUT2D eigenvalue weighted by molar-refractivity contribution is 7.89. The minimum Gasteiger partial charge on any atom is -0.468 e. The van der Waals surface area contributed by atoms with Gasteiger partial charge < -0.3 is 13.6 Å². The Balaban J connectivity index is 1.54. The quantitative estimate of drug-likeness (QED) is 0.325. The van der Waals surface area contributed by atoms with E-state index in [0.29, 0.717) is 16.6 Å². The molecule has 3 aromatic carbocycles. The third kappa shape index (κ3) is 3.85. The summed E-state index contributed by atoms with van der Waals surface area (Å²) < 4.78 is 45.2. The average molecular weight is 478 g/mol. The van der Waals surface area contributed by atoms with Crippen molar-refractivity contribution < 1.29 is 26.8 Å². The summed E-state index contributed by atoms with van der Waals surface area (Å²) in [7, 11) is -2.74. The molecule has 5 rings (SSSR count). The standard InChI is InChI=1S/C26H23NO6S/c1-15(2)25(26(28)31-3)27-34(29,30)18-9-11-22-20(14-18)19-10-8-17(13-24(19)33-22)23-12-16-6-4-5-7-21(16)32-23/h4-15,25,27H,1-3H3/t25-/m1/s1. The number of carbonyl (C=O) groups is 1. The van der Waals surface area contributed by atoms with Crippen LogP contribution in [-0.4, -0.2) is 27.5 Å². The van der Waals surface area contributed by atoms with E-state index < -0.39 is 22.0 Å². The van der Waals surface area contributed by atoms with Crippen LogP contribution in [0.5, 0.6) is 0 Å². The first-order valence-electron chi connectivity index (χ1n) is 10.8. The minimum absolute atomic E-state index is 0.0404. The van der Waals surface area contributed by atoms with E-state index in [9.17, 15) is 13.2 Å². The van der Waals surface area contributed by atoms with Crippen LogP contribution >= 0.6 is 0 Å². The lowest BCUT2D eigenvalue weighted by Crippen LogP contribution is -2.44. The summed E-state index contributed by atoms with van der Waals surface area (Å²) >= 11 is 0. The molecule has 2 heterocycles. The Morgan fingerprint density at radius 1 is 0.882 bits per heavy atom. The zero-order chi connectivity index (χ0) is 24.0. The maximum atomic E-state index is 13.0. The van der Waals surface area contributed by atoms with Crippen LogP contribution in [0.25, 0.3) is 44.2 Å². The van der Waals surface area contributed by atoms with Crippen LogP contribution < -0.4 is 4.72 Å².